The van der Waals surface area contributed by atoms with Gasteiger partial charge in [0.2, 0.25) is 11.8 Å². The standard InChI is InChI=1S/C57H74FN9O5/c1-37-29-44(33-48(58)52(37)42-15-22-65(23-16-42)39(3)51-34-46-43(12-19-61-53(46)62(51)6)32-45(59-4)30-38(2)72-7)55(70)66-20-13-40(14-21-66)35-63-24-26-64(27-25-63)36-41-10-11-49-47(31-41)57(17-18-57)56(71)67(49)50(9-8-28-68)54(69)60-5/h10-12,15,19,28-31,33-34,38-40,50,59H,8-9,13-14,16-18,20-27,32,35-36H2,1-7H3,(H,60,69)/b45-30+. The summed E-state index contributed by atoms with van der Waals surface area (Å²) in [7, 11) is 7.31. The number of methoxy groups -OCH3 is 1. The zero-order valence-corrected chi connectivity index (χ0v) is 43.4. The molecule has 3 unspecified atom stereocenters. The van der Waals surface area contributed by atoms with Crippen LogP contribution in [-0.2, 0) is 44.5 Å². The van der Waals surface area contributed by atoms with Crippen LogP contribution in [0.3, 0.4) is 0 Å². The Morgan fingerprint density at radius 1 is 0.972 bits per heavy atom. The van der Waals surface area contributed by atoms with Gasteiger partial charge in [-0.3, -0.25) is 29.1 Å². The minimum atomic E-state index is -0.701. The second-order valence-electron chi connectivity index (χ2n) is 21.0. The number of aryl methyl sites for hydroxylation is 2. The van der Waals surface area contributed by atoms with Gasteiger partial charge in [-0.2, -0.15) is 0 Å². The second-order valence-corrected chi connectivity index (χ2v) is 21.0. The number of aromatic nitrogens is 2. The maximum Gasteiger partial charge on any atom is 0.253 e. The van der Waals surface area contributed by atoms with Crippen molar-refractivity contribution in [2.75, 3.05) is 85.0 Å². The first-order valence-electron chi connectivity index (χ1n) is 26.2. The largest absolute Gasteiger partial charge is 0.391 e. The van der Waals surface area contributed by atoms with Crippen molar-refractivity contribution >= 4 is 46.3 Å². The summed E-state index contributed by atoms with van der Waals surface area (Å²) in [6, 6.07) is 13.4. The lowest BCUT2D eigenvalue weighted by molar-refractivity contribution is -0.127. The number of pyridine rings is 1. The molecule has 0 radical (unpaired) electrons. The number of hydrogen-bond donors (Lipinski definition) is 2. The lowest BCUT2D eigenvalue weighted by atomic mass is 9.92. The Morgan fingerprint density at radius 2 is 1.72 bits per heavy atom. The monoisotopic (exact) mass is 984 g/mol. The predicted octanol–water partition coefficient (Wildman–Crippen LogP) is 6.69. The number of nitrogens with one attached hydrogen (secondary N) is 2. The number of ether oxygens (including phenoxy) is 1. The van der Waals surface area contributed by atoms with E-state index in [-0.39, 0.29) is 42.1 Å². The van der Waals surface area contributed by atoms with Crippen LogP contribution in [0, 0.1) is 18.7 Å². The number of fused-ring (bicyclic) bond motifs is 3. The summed E-state index contributed by atoms with van der Waals surface area (Å²) in [5.41, 5.74) is 9.73. The second kappa shape index (κ2) is 21.8. The molecular formula is C57H74FN9O5. The summed E-state index contributed by atoms with van der Waals surface area (Å²) in [5.74, 6) is -0.189. The van der Waals surface area contributed by atoms with E-state index >= 15 is 4.39 Å². The predicted molar refractivity (Wildman–Crippen MR) is 280 cm³/mol. The number of aldehydes is 1. The van der Waals surface area contributed by atoms with Gasteiger partial charge in [-0.05, 0) is 129 Å². The zero-order valence-electron chi connectivity index (χ0n) is 43.4. The summed E-state index contributed by atoms with van der Waals surface area (Å²) in [4.78, 5) is 67.5. The van der Waals surface area contributed by atoms with E-state index in [1.807, 2.05) is 44.1 Å². The number of halogens is 1. The summed E-state index contributed by atoms with van der Waals surface area (Å²) in [6.45, 7) is 14.6. The molecule has 5 aliphatic rings. The van der Waals surface area contributed by atoms with Gasteiger partial charge < -0.3 is 34.5 Å². The number of piperidine rings is 1. The van der Waals surface area contributed by atoms with E-state index in [4.69, 9.17) is 9.72 Å². The number of carbonyl (C=O) groups is 4. The van der Waals surface area contributed by atoms with Crippen LogP contribution in [0.25, 0.3) is 16.6 Å². The highest BCUT2D eigenvalue weighted by Crippen LogP contribution is 2.58. The molecule has 384 valence electrons. The average molecular weight is 984 g/mol. The van der Waals surface area contributed by atoms with Crippen molar-refractivity contribution in [1.82, 2.24) is 39.8 Å². The Morgan fingerprint density at radius 3 is 2.38 bits per heavy atom. The highest BCUT2D eigenvalue weighted by atomic mass is 19.1. The van der Waals surface area contributed by atoms with Crippen molar-refractivity contribution in [2.45, 2.75) is 102 Å². The third-order valence-corrected chi connectivity index (χ3v) is 16.6. The maximum absolute atomic E-state index is 16.1. The van der Waals surface area contributed by atoms with E-state index in [2.05, 4.69) is 80.3 Å². The molecule has 1 aliphatic carbocycles. The molecule has 3 amide bonds. The van der Waals surface area contributed by atoms with E-state index < -0.39 is 11.5 Å². The van der Waals surface area contributed by atoms with Gasteiger partial charge in [0.25, 0.3) is 5.91 Å². The first kappa shape index (κ1) is 51.2. The van der Waals surface area contributed by atoms with Crippen LogP contribution in [0.5, 0.6) is 0 Å². The molecular weight excluding hydrogens is 910 g/mol. The summed E-state index contributed by atoms with van der Waals surface area (Å²) in [5, 5.41) is 7.17. The lowest BCUT2D eigenvalue weighted by Gasteiger charge is -2.39. The smallest absolute Gasteiger partial charge is 0.253 e. The van der Waals surface area contributed by atoms with E-state index in [1.54, 1.807) is 19.1 Å². The summed E-state index contributed by atoms with van der Waals surface area (Å²) < 4.78 is 23.8. The molecule has 2 aromatic heterocycles. The Hall–Kier alpha value is -5.74. The molecule has 1 saturated carbocycles. The Kier molecular flexibility index (Phi) is 15.5. The fourth-order valence-electron chi connectivity index (χ4n) is 12.0. The number of likely N-dealkylation sites (tertiary alicyclic amines) is 1. The van der Waals surface area contributed by atoms with Crippen LogP contribution in [0.4, 0.5) is 10.1 Å². The molecule has 6 heterocycles. The molecule has 2 aromatic carbocycles. The minimum Gasteiger partial charge on any atom is -0.391 e. The molecule has 3 fully saturated rings. The number of likely N-dealkylation sites (N-methyl/N-ethyl adjacent to an activating group) is 2. The average Bonchev–Trinajstić information content (AvgIpc) is 4.09. The first-order valence-corrected chi connectivity index (χ1v) is 26.2. The van der Waals surface area contributed by atoms with Crippen LogP contribution >= 0.6 is 0 Å². The quantitative estimate of drug-likeness (QED) is 0.104. The van der Waals surface area contributed by atoms with E-state index in [0.29, 0.717) is 49.5 Å². The molecule has 9 rings (SSSR count). The minimum absolute atomic E-state index is 0.00490. The van der Waals surface area contributed by atoms with Crippen LogP contribution in [0.1, 0.15) is 109 Å². The van der Waals surface area contributed by atoms with Gasteiger partial charge in [-0.1, -0.05) is 18.2 Å². The van der Waals surface area contributed by atoms with Crippen LogP contribution < -0.4 is 15.5 Å². The fourth-order valence-corrected chi connectivity index (χ4v) is 12.0. The SMILES string of the molecule is CNC(=O)C(CCC=O)N1C(=O)C2(CC2)c2cc(CN3CCN(CC4CCN(C(=O)c5cc(C)c(C6=CCN(C(C)c7cc8c(C/C(=C\C(C)OC)NC)ccnc8n7C)CC6)c(F)c5)CC4)CC3)ccc21. The highest BCUT2D eigenvalue weighted by Gasteiger charge is 2.60. The van der Waals surface area contributed by atoms with Crippen molar-refractivity contribution in [2.24, 2.45) is 13.0 Å². The van der Waals surface area contributed by atoms with Gasteiger partial charge in [-0.15, -0.1) is 0 Å². The van der Waals surface area contributed by atoms with Gasteiger partial charge in [0.15, 0.2) is 0 Å². The number of rotatable bonds is 18. The molecule has 14 nitrogen and oxygen atoms in total. The number of amides is 3. The molecule has 72 heavy (non-hydrogen) atoms. The topological polar surface area (TPSA) is 136 Å². The fraction of sp³-hybridized carbons (Fsp3) is 0.526. The summed E-state index contributed by atoms with van der Waals surface area (Å²) in [6.07, 6.45) is 12.4. The molecule has 4 aliphatic heterocycles. The zero-order chi connectivity index (χ0) is 50.8. The first-order chi connectivity index (χ1) is 34.8. The van der Waals surface area contributed by atoms with Crippen LogP contribution in [0.15, 0.2) is 66.5 Å². The van der Waals surface area contributed by atoms with E-state index in [9.17, 15) is 19.2 Å². The Bertz CT molecular complexity index is 2720. The molecule has 2 N–H and O–H groups in total. The molecule has 15 heteroatoms. The van der Waals surface area contributed by atoms with Crippen molar-refractivity contribution < 1.29 is 28.3 Å². The van der Waals surface area contributed by atoms with Crippen LogP contribution in [-0.4, -0.2) is 145 Å². The van der Waals surface area contributed by atoms with Gasteiger partial charge in [0, 0.05) is 152 Å². The van der Waals surface area contributed by atoms with Gasteiger partial charge in [-0.25, -0.2) is 9.37 Å². The van der Waals surface area contributed by atoms with Gasteiger partial charge in [0.1, 0.15) is 23.8 Å². The number of hydrogen-bond acceptors (Lipinski definition) is 10. The Balaban J connectivity index is 0.752. The number of anilines is 1. The number of allylic oxidation sites excluding steroid dienone is 1. The van der Waals surface area contributed by atoms with Gasteiger partial charge in [0.05, 0.1) is 11.5 Å². The number of benzene rings is 2. The number of piperazine rings is 1. The third kappa shape index (κ3) is 10.3. The molecule has 2 saturated heterocycles. The van der Waals surface area contributed by atoms with Crippen molar-refractivity contribution in [3.05, 3.63) is 111 Å². The maximum atomic E-state index is 16.1. The molecule has 3 atom stereocenters. The number of nitrogens with zero attached hydrogens (tertiary/aromatic N) is 7. The van der Waals surface area contributed by atoms with Gasteiger partial charge >= 0.3 is 0 Å². The molecule has 0 bridgehead atoms. The number of carbonyl (C=O) groups excluding carboxylic acids is 4. The normalized spacial score (nSPS) is 20.1. The highest BCUT2D eigenvalue weighted by molar-refractivity contribution is 6.13. The van der Waals surface area contributed by atoms with E-state index in [0.717, 1.165) is 123 Å². The van der Waals surface area contributed by atoms with E-state index in [1.165, 1.54) is 22.9 Å². The molecule has 4 aromatic rings. The Labute approximate surface area is 424 Å². The lowest BCUT2D eigenvalue weighted by Crippen LogP contribution is -2.49. The van der Waals surface area contributed by atoms with Crippen molar-refractivity contribution in [3.8, 4) is 0 Å². The molecule has 1 spiro atoms. The van der Waals surface area contributed by atoms with Crippen LogP contribution in [0.2, 0.25) is 0 Å². The van der Waals surface area contributed by atoms with Crippen molar-refractivity contribution in [3.63, 3.8) is 0 Å². The summed E-state index contributed by atoms with van der Waals surface area (Å²) >= 11 is 0. The third-order valence-electron chi connectivity index (χ3n) is 16.6. The van der Waals surface area contributed by atoms with Crippen molar-refractivity contribution in [1.29, 1.82) is 0 Å².